The van der Waals surface area contributed by atoms with Crippen LogP contribution in [0.1, 0.15) is 0 Å². The molecule has 0 atom stereocenters. The standard InChI is InChI=1S/C25H17ClFN5O/c1-33-19-9-17(13-29-14-19)15-4-7-23-20(10-15)25(30-18-5-6-22(27)21(26)11-18)32-24(31-23)16-3-2-8-28-12-16/h2-14H,1H3,(H,30,31,32). The third-order valence-corrected chi connectivity index (χ3v) is 5.37. The number of nitrogens with zero attached hydrogens (tertiary/aromatic N) is 4. The van der Waals surface area contributed by atoms with Crippen LogP contribution in [0.4, 0.5) is 15.9 Å². The second-order valence-corrected chi connectivity index (χ2v) is 7.64. The zero-order chi connectivity index (χ0) is 22.8. The highest BCUT2D eigenvalue weighted by molar-refractivity contribution is 6.31. The van der Waals surface area contributed by atoms with Gasteiger partial charge in [-0.2, -0.15) is 0 Å². The summed E-state index contributed by atoms with van der Waals surface area (Å²) in [7, 11) is 1.60. The van der Waals surface area contributed by atoms with Gasteiger partial charge in [-0.15, -0.1) is 0 Å². The summed E-state index contributed by atoms with van der Waals surface area (Å²) in [5.74, 6) is 1.25. The van der Waals surface area contributed by atoms with E-state index in [2.05, 4.69) is 15.3 Å². The fraction of sp³-hybridized carbons (Fsp3) is 0.0400. The van der Waals surface area contributed by atoms with Gasteiger partial charge in [0, 0.05) is 40.8 Å². The summed E-state index contributed by atoms with van der Waals surface area (Å²) in [5.41, 5.74) is 3.93. The molecular weight excluding hydrogens is 441 g/mol. The van der Waals surface area contributed by atoms with Crippen molar-refractivity contribution in [3.63, 3.8) is 0 Å². The van der Waals surface area contributed by atoms with E-state index in [-0.39, 0.29) is 5.02 Å². The molecule has 0 unspecified atom stereocenters. The molecule has 0 saturated heterocycles. The van der Waals surface area contributed by atoms with Crippen LogP contribution in [0, 0.1) is 5.82 Å². The quantitative estimate of drug-likeness (QED) is 0.334. The Kier molecular flexibility index (Phi) is 5.54. The second-order valence-electron chi connectivity index (χ2n) is 7.24. The van der Waals surface area contributed by atoms with Gasteiger partial charge in [0.25, 0.3) is 0 Å². The van der Waals surface area contributed by atoms with Crippen LogP contribution in [0.25, 0.3) is 33.4 Å². The first-order valence-corrected chi connectivity index (χ1v) is 10.4. The van der Waals surface area contributed by atoms with Crippen molar-refractivity contribution in [3.05, 3.63) is 90.2 Å². The molecule has 0 bridgehead atoms. The van der Waals surface area contributed by atoms with Crippen LogP contribution in [0.5, 0.6) is 5.75 Å². The van der Waals surface area contributed by atoms with E-state index in [0.29, 0.717) is 23.1 Å². The molecule has 8 heteroatoms. The molecule has 0 amide bonds. The van der Waals surface area contributed by atoms with Crippen molar-refractivity contribution in [2.75, 3.05) is 12.4 Å². The van der Waals surface area contributed by atoms with E-state index in [1.807, 2.05) is 36.4 Å². The van der Waals surface area contributed by atoms with Gasteiger partial charge in [0.1, 0.15) is 17.4 Å². The van der Waals surface area contributed by atoms with Gasteiger partial charge in [0.05, 0.1) is 23.8 Å². The molecule has 0 saturated carbocycles. The Morgan fingerprint density at radius 2 is 1.76 bits per heavy atom. The highest BCUT2D eigenvalue weighted by atomic mass is 35.5. The second kappa shape index (κ2) is 8.80. The minimum atomic E-state index is -0.487. The van der Waals surface area contributed by atoms with Crippen LogP contribution in [0.2, 0.25) is 5.02 Å². The van der Waals surface area contributed by atoms with Crippen LogP contribution >= 0.6 is 11.6 Å². The lowest BCUT2D eigenvalue weighted by molar-refractivity contribution is 0.413. The van der Waals surface area contributed by atoms with Crippen molar-refractivity contribution < 1.29 is 9.13 Å². The van der Waals surface area contributed by atoms with Gasteiger partial charge >= 0.3 is 0 Å². The van der Waals surface area contributed by atoms with Gasteiger partial charge in [-0.3, -0.25) is 9.97 Å². The fourth-order valence-corrected chi connectivity index (χ4v) is 3.61. The number of hydrogen-bond acceptors (Lipinski definition) is 6. The number of fused-ring (bicyclic) bond motifs is 1. The fourth-order valence-electron chi connectivity index (χ4n) is 3.43. The smallest absolute Gasteiger partial charge is 0.163 e. The molecule has 3 aromatic heterocycles. The van der Waals surface area contributed by atoms with Gasteiger partial charge in [-0.05, 0) is 54.1 Å². The highest BCUT2D eigenvalue weighted by Crippen LogP contribution is 2.32. The largest absolute Gasteiger partial charge is 0.495 e. The molecule has 0 aliphatic heterocycles. The number of halogens is 2. The Labute approximate surface area is 194 Å². The van der Waals surface area contributed by atoms with Gasteiger partial charge in [0.15, 0.2) is 5.82 Å². The van der Waals surface area contributed by atoms with Crippen LogP contribution in [-0.4, -0.2) is 27.0 Å². The minimum Gasteiger partial charge on any atom is -0.495 e. The Morgan fingerprint density at radius 1 is 0.879 bits per heavy atom. The number of anilines is 2. The van der Waals surface area contributed by atoms with Crippen molar-refractivity contribution in [1.29, 1.82) is 0 Å². The Balaban J connectivity index is 1.67. The maximum atomic E-state index is 13.7. The van der Waals surface area contributed by atoms with Crippen LogP contribution in [0.3, 0.4) is 0 Å². The Morgan fingerprint density at radius 3 is 2.55 bits per heavy atom. The molecule has 0 aliphatic rings. The Bertz CT molecular complexity index is 1460. The summed E-state index contributed by atoms with van der Waals surface area (Å²) in [6.45, 7) is 0. The lowest BCUT2D eigenvalue weighted by Crippen LogP contribution is -2.00. The van der Waals surface area contributed by atoms with Gasteiger partial charge < -0.3 is 10.1 Å². The van der Waals surface area contributed by atoms with Gasteiger partial charge in [-0.1, -0.05) is 17.7 Å². The van der Waals surface area contributed by atoms with Crippen LogP contribution < -0.4 is 10.1 Å². The molecule has 0 spiro atoms. The number of nitrogens with one attached hydrogen (secondary N) is 1. The summed E-state index contributed by atoms with van der Waals surface area (Å²) in [4.78, 5) is 17.9. The van der Waals surface area contributed by atoms with Crippen molar-refractivity contribution >= 4 is 34.0 Å². The van der Waals surface area contributed by atoms with E-state index < -0.39 is 5.82 Å². The number of aromatic nitrogens is 4. The summed E-state index contributed by atoms with van der Waals surface area (Å²) >= 11 is 5.98. The number of rotatable bonds is 5. The average Bonchev–Trinajstić information content (AvgIpc) is 2.86. The van der Waals surface area contributed by atoms with Gasteiger partial charge in [0.2, 0.25) is 0 Å². The maximum Gasteiger partial charge on any atom is 0.163 e. The third kappa shape index (κ3) is 4.31. The molecule has 5 aromatic rings. The number of hydrogen-bond donors (Lipinski definition) is 1. The lowest BCUT2D eigenvalue weighted by atomic mass is 10.0. The molecule has 162 valence electrons. The predicted octanol–water partition coefficient (Wildman–Crippen LogP) is 6.30. The summed E-state index contributed by atoms with van der Waals surface area (Å²) in [6, 6.07) is 15.9. The monoisotopic (exact) mass is 457 g/mol. The molecule has 6 nitrogen and oxygen atoms in total. The first-order valence-electron chi connectivity index (χ1n) is 10.0. The van der Waals surface area contributed by atoms with Crippen molar-refractivity contribution in [3.8, 4) is 28.3 Å². The van der Waals surface area contributed by atoms with Crippen LogP contribution in [-0.2, 0) is 0 Å². The zero-order valence-corrected chi connectivity index (χ0v) is 18.2. The van der Waals surface area contributed by atoms with Gasteiger partial charge in [-0.25, -0.2) is 14.4 Å². The minimum absolute atomic E-state index is 0.0222. The predicted molar refractivity (Wildman–Crippen MR) is 127 cm³/mol. The van der Waals surface area contributed by atoms with E-state index in [0.717, 1.165) is 27.6 Å². The zero-order valence-electron chi connectivity index (χ0n) is 17.5. The van der Waals surface area contributed by atoms with E-state index in [9.17, 15) is 4.39 Å². The number of ether oxygens (including phenoxy) is 1. The van der Waals surface area contributed by atoms with Crippen molar-refractivity contribution in [2.45, 2.75) is 0 Å². The molecule has 3 heterocycles. The van der Waals surface area contributed by atoms with Crippen molar-refractivity contribution in [2.24, 2.45) is 0 Å². The maximum absolute atomic E-state index is 13.7. The van der Waals surface area contributed by atoms with Crippen LogP contribution in [0.15, 0.2) is 79.4 Å². The molecule has 0 radical (unpaired) electrons. The number of benzene rings is 2. The molecule has 1 N–H and O–H groups in total. The molecule has 0 fully saturated rings. The van der Waals surface area contributed by atoms with E-state index in [1.54, 1.807) is 38.0 Å². The topological polar surface area (TPSA) is 72.8 Å². The molecule has 5 rings (SSSR count). The summed E-state index contributed by atoms with van der Waals surface area (Å²) in [6.07, 6.45) is 6.81. The first-order chi connectivity index (χ1) is 16.1. The number of methoxy groups -OCH3 is 1. The first kappa shape index (κ1) is 20.8. The molecule has 0 aliphatic carbocycles. The summed E-state index contributed by atoms with van der Waals surface area (Å²) in [5, 5.41) is 4.07. The third-order valence-electron chi connectivity index (χ3n) is 5.08. The Hall–Kier alpha value is -4.10. The SMILES string of the molecule is COc1cncc(-c2ccc3nc(-c4cccnc4)nc(Nc4ccc(F)c(Cl)c4)c3c2)c1. The van der Waals surface area contributed by atoms with Crippen molar-refractivity contribution in [1.82, 2.24) is 19.9 Å². The average molecular weight is 458 g/mol. The molecular formula is C25H17ClFN5O. The lowest BCUT2D eigenvalue weighted by Gasteiger charge is -2.13. The van der Waals surface area contributed by atoms with E-state index >= 15 is 0 Å². The van der Waals surface area contributed by atoms with E-state index in [1.165, 1.54) is 12.1 Å². The summed E-state index contributed by atoms with van der Waals surface area (Å²) < 4.78 is 19.0. The normalized spacial score (nSPS) is 10.9. The molecule has 33 heavy (non-hydrogen) atoms. The van der Waals surface area contributed by atoms with E-state index in [4.69, 9.17) is 26.3 Å². The highest BCUT2D eigenvalue weighted by Gasteiger charge is 2.13. The molecule has 2 aromatic carbocycles. The number of pyridine rings is 2.